The number of carbonyl (C=O) groups is 4. The standard InChI is InChI=1S/C14H20N2O6/c1-7(12(18)16-6-2-3-10(16)14(21)22)15-11(17)8-4-5-9(8)13(19)20/h7-10H,2-6H2,1H3,(H,15,17)(H,19,20)(H,21,22)/t7-,8?,9?,10-/m0/s1. The van der Waals surface area contributed by atoms with Crippen molar-refractivity contribution in [3.8, 4) is 0 Å². The van der Waals surface area contributed by atoms with E-state index in [1.807, 2.05) is 0 Å². The lowest BCUT2D eigenvalue weighted by atomic mass is 9.73. The predicted molar refractivity (Wildman–Crippen MR) is 73.8 cm³/mol. The second-order valence-corrected chi connectivity index (χ2v) is 5.89. The number of likely N-dealkylation sites (tertiary alicyclic amines) is 1. The first-order valence-electron chi connectivity index (χ1n) is 7.39. The maximum Gasteiger partial charge on any atom is 0.326 e. The van der Waals surface area contributed by atoms with E-state index in [1.165, 1.54) is 11.8 Å². The Kier molecular flexibility index (Phi) is 4.68. The molecule has 0 spiro atoms. The van der Waals surface area contributed by atoms with Crippen LogP contribution in [-0.2, 0) is 19.2 Å². The number of nitrogens with one attached hydrogen (secondary N) is 1. The zero-order chi connectivity index (χ0) is 16.4. The van der Waals surface area contributed by atoms with E-state index in [-0.39, 0.29) is 0 Å². The Balaban J connectivity index is 1.93. The molecule has 0 aromatic rings. The van der Waals surface area contributed by atoms with Crippen molar-refractivity contribution in [1.82, 2.24) is 10.2 Å². The van der Waals surface area contributed by atoms with Crippen LogP contribution in [0.3, 0.4) is 0 Å². The van der Waals surface area contributed by atoms with Gasteiger partial charge in [0.1, 0.15) is 12.1 Å². The molecule has 8 heteroatoms. The second-order valence-electron chi connectivity index (χ2n) is 5.89. The SMILES string of the molecule is C[C@H](NC(=O)C1CCC1C(=O)O)C(=O)N1CCC[C@H]1C(=O)O. The summed E-state index contributed by atoms with van der Waals surface area (Å²) in [6.07, 6.45) is 1.98. The van der Waals surface area contributed by atoms with Gasteiger partial charge in [-0.05, 0) is 32.6 Å². The molecule has 122 valence electrons. The molecule has 4 atom stereocenters. The molecule has 2 unspecified atom stereocenters. The van der Waals surface area contributed by atoms with Crippen LogP contribution in [0.15, 0.2) is 0 Å². The molecule has 1 saturated heterocycles. The summed E-state index contributed by atoms with van der Waals surface area (Å²) < 4.78 is 0. The predicted octanol–water partition coefficient (Wildman–Crippen LogP) is -0.322. The van der Waals surface area contributed by atoms with Crippen molar-refractivity contribution < 1.29 is 29.4 Å². The van der Waals surface area contributed by atoms with E-state index in [0.29, 0.717) is 32.2 Å². The highest BCUT2D eigenvalue weighted by Gasteiger charge is 2.43. The topological polar surface area (TPSA) is 124 Å². The van der Waals surface area contributed by atoms with E-state index in [9.17, 15) is 19.2 Å². The molecule has 0 radical (unpaired) electrons. The summed E-state index contributed by atoms with van der Waals surface area (Å²) in [5, 5.41) is 20.5. The number of carbonyl (C=O) groups excluding carboxylic acids is 2. The number of carboxylic acid groups (broad SMARTS) is 2. The summed E-state index contributed by atoms with van der Waals surface area (Å²) in [5.41, 5.74) is 0. The summed E-state index contributed by atoms with van der Waals surface area (Å²) in [6.45, 7) is 1.85. The normalized spacial score (nSPS) is 28.6. The van der Waals surface area contributed by atoms with Gasteiger partial charge < -0.3 is 20.4 Å². The average Bonchev–Trinajstić information content (AvgIpc) is 2.84. The Morgan fingerprint density at radius 1 is 1.05 bits per heavy atom. The highest BCUT2D eigenvalue weighted by molar-refractivity contribution is 5.92. The summed E-state index contributed by atoms with van der Waals surface area (Å²) in [5.74, 6) is -4.25. The molecule has 2 rings (SSSR count). The maximum atomic E-state index is 12.3. The molecule has 8 nitrogen and oxygen atoms in total. The van der Waals surface area contributed by atoms with Crippen LogP contribution in [0, 0.1) is 11.8 Å². The van der Waals surface area contributed by atoms with E-state index < -0.39 is 47.7 Å². The molecule has 0 aromatic carbocycles. The van der Waals surface area contributed by atoms with Gasteiger partial charge in [-0.15, -0.1) is 0 Å². The third kappa shape index (κ3) is 3.05. The second kappa shape index (κ2) is 6.33. The molecule has 0 aromatic heterocycles. The fourth-order valence-corrected chi connectivity index (χ4v) is 3.03. The summed E-state index contributed by atoms with van der Waals surface area (Å²) in [4.78, 5) is 47.6. The Labute approximate surface area is 127 Å². The molecule has 2 fully saturated rings. The van der Waals surface area contributed by atoms with Crippen LogP contribution in [0.2, 0.25) is 0 Å². The van der Waals surface area contributed by atoms with E-state index in [2.05, 4.69) is 5.32 Å². The number of rotatable bonds is 5. The third-order valence-corrected chi connectivity index (χ3v) is 4.48. The lowest BCUT2D eigenvalue weighted by Crippen LogP contribution is -2.53. The molecule has 0 bridgehead atoms. The molecular weight excluding hydrogens is 292 g/mol. The van der Waals surface area contributed by atoms with Crippen molar-refractivity contribution in [2.75, 3.05) is 6.54 Å². The smallest absolute Gasteiger partial charge is 0.326 e. The first-order valence-corrected chi connectivity index (χ1v) is 7.39. The van der Waals surface area contributed by atoms with Crippen molar-refractivity contribution in [1.29, 1.82) is 0 Å². The number of amides is 2. The molecule has 1 heterocycles. The Bertz CT molecular complexity index is 506. The van der Waals surface area contributed by atoms with Crippen molar-refractivity contribution >= 4 is 23.8 Å². The molecule has 22 heavy (non-hydrogen) atoms. The summed E-state index contributed by atoms with van der Waals surface area (Å²) >= 11 is 0. The molecule has 3 N–H and O–H groups in total. The minimum atomic E-state index is -1.05. The number of carboxylic acids is 2. The Hall–Kier alpha value is -2.12. The van der Waals surface area contributed by atoms with Gasteiger partial charge in [-0.3, -0.25) is 14.4 Å². The van der Waals surface area contributed by atoms with Gasteiger partial charge in [0.05, 0.1) is 11.8 Å². The average molecular weight is 312 g/mol. The molecule has 2 aliphatic rings. The largest absolute Gasteiger partial charge is 0.481 e. The first kappa shape index (κ1) is 16.3. The monoisotopic (exact) mass is 312 g/mol. The number of hydrogen-bond acceptors (Lipinski definition) is 4. The minimum absolute atomic E-state index is 0.358. The van der Waals surface area contributed by atoms with Crippen molar-refractivity contribution in [3.05, 3.63) is 0 Å². The van der Waals surface area contributed by atoms with Crippen LogP contribution in [0.25, 0.3) is 0 Å². The Morgan fingerprint density at radius 3 is 2.18 bits per heavy atom. The third-order valence-electron chi connectivity index (χ3n) is 4.48. The highest BCUT2D eigenvalue weighted by Crippen LogP contribution is 2.34. The van der Waals surface area contributed by atoms with Crippen molar-refractivity contribution in [2.24, 2.45) is 11.8 Å². The molecule has 1 aliphatic carbocycles. The Morgan fingerprint density at radius 2 is 1.68 bits per heavy atom. The lowest BCUT2D eigenvalue weighted by molar-refractivity contribution is -0.154. The number of hydrogen-bond donors (Lipinski definition) is 3. The van der Waals surface area contributed by atoms with Gasteiger partial charge in [0.15, 0.2) is 0 Å². The fraction of sp³-hybridized carbons (Fsp3) is 0.714. The van der Waals surface area contributed by atoms with E-state index in [1.54, 1.807) is 0 Å². The van der Waals surface area contributed by atoms with Crippen LogP contribution in [0.4, 0.5) is 0 Å². The van der Waals surface area contributed by atoms with Crippen LogP contribution < -0.4 is 5.32 Å². The van der Waals surface area contributed by atoms with E-state index >= 15 is 0 Å². The zero-order valence-corrected chi connectivity index (χ0v) is 12.3. The maximum absolute atomic E-state index is 12.3. The fourth-order valence-electron chi connectivity index (χ4n) is 3.03. The van der Waals surface area contributed by atoms with E-state index in [0.717, 1.165) is 0 Å². The van der Waals surface area contributed by atoms with Crippen molar-refractivity contribution in [3.63, 3.8) is 0 Å². The molecule has 1 aliphatic heterocycles. The lowest BCUT2D eigenvalue weighted by Gasteiger charge is -2.33. The number of aliphatic carboxylic acids is 2. The van der Waals surface area contributed by atoms with Gasteiger partial charge >= 0.3 is 11.9 Å². The summed E-state index contributed by atoms with van der Waals surface area (Å²) in [7, 11) is 0. The van der Waals surface area contributed by atoms with Gasteiger partial charge in [0, 0.05) is 6.54 Å². The summed E-state index contributed by atoms with van der Waals surface area (Å²) in [6, 6.07) is -1.70. The van der Waals surface area contributed by atoms with Crippen molar-refractivity contribution in [2.45, 2.75) is 44.7 Å². The van der Waals surface area contributed by atoms with Crippen LogP contribution in [0.1, 0.15) is 32.6 Å². The van der Waals surface area contributed by atoms with Crippen LogP contribution in [0.5, 0.6) is 0 Å². The van der Waals surface area contributed by atoms with Crippen LogP contribution in [-0.4, -0.2) is 57.5 Å². The number of nitrogens with zero attached hydrogens (tertiary/aromatic N) is 1. The van der Waals surface area contributed by atoms with Gasteiger partial charge in [-0.25, -0.2) is 4.79 Å². The van der Waals surface area contributed by atoms with Gasteiger partial charge in [0.25, 0.3) is 0 Å². The molecular formula is C14H20N2O6. The quantitative estimate of drug-likeness (QED) is 0.639. The molecule has 1 saturated carbocycles. The highest BCUT2D eigenvalue weighted by atomic mass is 16.4. The molecule has 2 amide bonds. The van der Waals surface area contributed by atoms with Gasteiger partial charge in [-0.2, -0.15) is 0 Å². The van der Waals surface area contributed by atoms with Crippen LogP contribution >= 0.6 is 0 Å². The minimum Gasteiger partial charge on any atom is -0.481 e. The van der Waals surface area contributed by atoms with Gasteiger partial charge in [-0.1, -0.05) is 0 Å². The zero-order valence-electron chi connectivity index (χ0n) is 12.3. The van der Waals surface area contributed by atoms with Gasteiger partial charge in [0.2, 0.25) is 11.8 Å². The van der Waals surface area contributed by atoms with E-state index in [4.69, 9.17) is 10.2 Å². The first-order chi connectivity index (χ1) is 10.3.